The third kappa shape index (κ3) is 2.73. The lowest BCUT2D eigenvalue weighted by Gasteiger charge is -2.11. The Balaban J connectivity index is 2.33. The van der Waals surface area contributed by atoms with Crippen molar-refractivity contribution in [2.75, 3.05) is 19.8 Å². The minimum absolute atomic E-state index is 0.665. The summed E-state index contributed by atoms with van der Waals surface area (Å²) in [5, 5.41) is 4.37. The van der Waals surface area contributed by atoms with Gasteiger partial charge in [0.2, 0.25) is 0 Å². The third-order valence-corrected chi connectivity index (χ3v) is 3.49. The predicted octanol–water partition coefficient (Wildman–Crippen LogP) is 2.49. The first-order valence-electron chi connectivity index (χ1n) is 5.70. The Morgan fingerprint density at radius 2 is 2.06 bits per heavy atom. The number of nitrogens with zero attached hydrogens (tertiary/aromatic N) is 3. The average Bonchev–Trinajstić information content (AvgIpc) is 2.62. The van der Waals surface area contributed by atoms with Gasteiger partial charge in [-0.05, 0) is 25.7 Å². The number of rotatable bonds is 3. The molecule has 0 fully saturated rings. The van der Waals surface area contributed by atoms with Crippen molar-refractivity contribution >= 4 is 21.7 Å². The van der Waals surface area contributed by atoms with E-state index in [2.05, 4.69) is 58.2 Å². The van der Waals surface area contributed by atoms with Crippen LogP contribution in [0.25, 0.3) is 11.3 Å². The molecule has 0 amide bonds. The first kappa shape index (κ1) is 13.1. The van der Waals surface area contributed by atoms with E-state index in [4.69, 9.17) is 5.73 Å². The minimum atomic E-state index is 0.665. The lowest BCUT2D eigenvalue weighted by Crippen LogP contribution is -2.10. The number of hydrogen-bond donors (Lipinski definition) is 1. The van der Waals surface area contributed by atoms with Crippen LogP contribution in [0.15, 0.2) is 28.7 Å². The molecule has 18 heavy (non-hydrogen) atoms. The molecule has 2 N–H and O–H groups in total. The van der Waals surface area contributed by atoms with Crippen LogP contribution < -0.4 is 5.73 Å². The molecule has 1 aromatic heterocycles. The molecular weight excluding hydrogens is 292 g/mol. The van der Waals surface area contributed by atoms with Gasteiger partial charge in [0.25, 0.3) is 0 Å². The predicted molar refractivity (Wildman–Crippen MR) is 78.1 cm³/mol. The number of hydrogen-bond acceptors (Lipinski definition) is 3. The lowest BCUT2D eigenvalue weighted by atomic mass is 10.1. The number of aryl methyl sites for hydroxylation is 1. The SMILES string of the molecule is CN(C)Cc1ccc(-c2cc(N)n(C)n2)cc1Br. The molecule has 0 aliphatic rings. The van der Waals surface area contributed by atoms with Gasteiger partial charge in [0, 0.05) is 29.7 Å². The second-order valence-corrected chi connectivity index (χ2v) is 5.48. The van der Waals surface area contributed by atoms with Crippen LogP contribution in [0, 0.1) is 0 Å². The van der Waals surface area contributed by atoms with Gasteiger partial charge in [0.05, 0.1) is 5.69 Å². The van der Waals surface area contributed by atoms with Gasteiger partial charge in [-0.1, -0.05) is 28.1 Å². The van der Waals surface area contributed by atoms with Crippen LogP contribution in [0.2, 0.25) is 0 Å². The monoisotopic (exact) mass is 308 g/mol. The zero-order valence-electron chi connectivity index (χ0n) is 10.8. The molecule has 0 saturated carbocycles. The maximum Gasteiger partial charge on any atom is 0.121 e. The van der Waals surface area contributed by atoms with Crippen molar-refractivity contribution in [1.82, 2.24) is 14.7 Å². The highest BCUT2D eigenvalue weighted by Gasteiger charge is 2.08. The van der Waals surface area contributed by atoms with E-state index in [1.54, 1.807) is 4.68 Å². The molecule has 1 heterocycles. The van der Waals surface area contributed by atoms with Crippen LogP contribution in [-0.2, 0) is 13.6 Å². The van der Waals surface area contributed by atoms with Gasteiger partial charge < -0.3 is 10.6 Å². The molecule has 0 atom stereocenters. The molecule has 1 aromatic carbocycles. The summed E-state index contributed by atoms with van der Waals surface area (Å²) >= 11 is 3.61. The summed E-state index contributed by atoms with van der Waals surface area (Å²) in [6.07, 6.45) is 0. The summed E-state index contributed by atoms with van der Waals surface area (Å²) < 4.78 is 2.77. The van der Waals surface area contributed by atoms with Crippen molar-refractivity contribution in [3.8, 4) is 11.3 Å². The van der Waals surface area contributed by atoms with Gasteiger partial charge in [0.15, 0.2) is 0 Å². The van der Waals surface area contributed by atoms with Crippen molar-refractivity contribution < 1.29 is 0 Å². The van der Waals surface area contributed by atoms with Gasteiger partial charge >= 0.3 is 0 Å². The molecular formula is C13H17BrN4. The molecule has 0 radical (unpaired) electrons. The maximum absolute atomic E-state index is 5.79. The van der Waals surface area contributed by atoms with Crippen molar-refractivity contribution in [3.63, 3.8) is 0 Å². The Labute approximate surface area is 116 Å². The highest BCUT2D eigenvalue weighted by Crippen LogP contribution is 2.26. The fraction of sp³-hybridized carbons (Fsp3) is 0.308. The Morgan fingerprint density at radius 1 is 1.33 bits per heavy atom. The van der Waals surface area contributed by atoms with Crippen LogP contribution in [0.3, 0.4) is 0 Å². The van der Waals surface area contributed by atoms with Gasteiger partial charge in [-0.15, -0.1) is 0 Å². The van der Waals surface area contributed by atoms with Gasteiger partial charge in [0.1, 0.15) is 5.82 Å². The van der Waals surface area contributed by atoms with Crippen LogP contribution in [-0.4, -0.2) is 28.8 Å². The highest BCUT2D eigenvalue weighted by atomic mass is 79.9. The molecule has 0 unspecified atom stereocenters. The Kier molecular flexibility index (Phi) is 3.73. The standard InChI is InChI=1S/C13H17BrN4/c1-17(2)8-10-5-4-9(6-11(10)14)12-7-13(15)18(3)16-12/h4-7H,8,15H2,1-3H3. The highest BCUT2D eigenvalue weighted by molar-refractivity contribution is 9.10. The number of nitrogens with two attached hydrogens (primary N) is 1. The van der Waals surface area contributed by atoms with Crippen molar-refractivity contribution in [1.29, 1.82) is 0 Å². The number of nitrogen functional groups attached to an aromatic ring is 1. The summed E-state index contributed by atoms with van der Waals surface area (Å²) in [6.45, 7) is 0.908. The second-order valence-electron chi connectivity index (χ2n) is 4.62. The molecule has 5 heteroatoms. The van der Waals surface area contributed by atoms with Gasteiger partial charge in [-0.2, -0.15) is 5.10 Å². The first-order chi connectivity index (χ1) is 8.47. The van der Waals surface area contributed by atoms with E-state index < -0.39 is 0 Å². The summed E-state index contributed by atoms with van der Waals surface area (Å²) in [5.41, 5.74) is 9.01. The number of benzene rings is 1. The number of halogens is 1. The summed E-state index contributed by atoms with van der Waals surface area (Å²) in [7, 11) is 5.95. The van der Waals surface area contributed by atoms with Gasteiger partial charge in [-0.25, -0.2) is 0 Å². The fourth-order valence-corrected chi connectivity index (χ4v) is 2.30. The van der Waals surface area contributed by atoms with E-state index in [1.807, 2.05) is 13.1 Å². The molecule has 4 nitrogen and oxygen atoms in total. The molecule has 0 saturated heterocycles. The number of anilines is 1. The molecule has 0 spiro atoms. The largest absolute Gasteiger partial charge is 0.384 e. The second kappa shape index (κ2) is 5.12. The Bertz CT molecular complexity index is 541. The zero-order valence-corrected chi connectivity index (χ0v) is 12.4. The van der Waals surface area contributed by atoms with E-state index in [-0.39, 0.29) is 0 Å². The van der Waals surface area contributed by atoms with E-state index in [0.717, 1.165) is 22.3 Å². The van der Waals surface area contributed by atoms with Crippen LogP contribution in [0.1, 0.15) is 5.56 Å². The van der Waals surface area contributed by atoms with Crippen molar-refractivity contribution in [3.05, 3.63) is 34.3 Å². The molecule has 2 aromatic rings. The molecule has 0 bridgehead atoms. The molecule has 2 rings (SSSR count). The van der Waals surface area contributed by atoms with Gasteiger partial charge in [-0.3, -0.25) is 4.68 Å². The number of aromatic nitrogens is 2. The quantitative estimate of drug-likeness (QED) is 0.947. The summed E-state index contributed by atoms with van der Waals surface area (Å²) in [4.78, 5) is 2.14. The molecule has 96 valence electrons. The Hall–Kier alpha value is -1.33. The Morgan fingerprint density at radius 3 is 2.56 bits per heavy atom. The van der Waals surface area contributed by atoms with E-state index >= 15 is 0 Å². The smallest absolute Gasteiger partial charge is 0.121 e. The van der Waals surface area contributed by atoms with Crippen molar-refractivity contribution in [2.24, 2.45) is 7.05 Å². The zero-order chi connectivity index (χ0) is 13.3. The molecule has 0 aliphatic heterocycles. The van der Waals surface area contributed by atoms with E-state index in [1.165, 1.54) is 5.56 Å². The summed E-state index contributed by atoms with van der Waals surface area (Å²) in [5.74, 6) is 0.665. The van der Waals surface area contributed by atoms with Crippen LogP contribution in [0.4, 0.5) is 5.82 Å². The third-order valence-electron chi connectivity index (χ3n) is 2.75. The summed E-state index contributed by atoms with van der Waals surface area (Å²) in [6, 6.07) is 8.16. The topological polar surface area (TPSA) is 47.1 Å². The van der Waals surface area contributed by atoms with Crippen molar-refractivity contribution in [2.45, 2.75) is 6.54 Å². The van der Waals surface area contributed by atoms with Crippen LogP contribution >= 0.6 is 15.9 Å². The van der Waals surface area contributed by atoms with E-state index in [0.29, 0.717) is 5.82 Å². The lowest BCUT2D eigenvalue weighted by molar-refractivity contribution is 0.401. The van der Waals surface area contributed by atoms with Crippen LogP contribution in [0.5, 0.6) is 0 Å². The van der Waals surface area contributed by atoms with E-state index in [9.17, 15) is 0 Å². The first-order valence-corrected chi connectivity index (χ1v) is 6.49. The fourth-order valence-electron chi connectivity index (χ4n) is 1.80. The maximum atomic E-state index is 5.79. The average molecular weight is 309 g/mol. The normalized spacial score (nSPS) is 11.2. The minimum Gasteiger partial charge on any atom is -0.384 e. The molecule has 0 aliphatic carbocycles.